The number of nitrogens with one attached hydrogen (secondary N) is 1. The molecule has 2 aromatic carbocycles. The van der Waals surface area contributed by atoms with Crippen molar-refractivity contribution in [1.29, 1.82) is 0 Å². The largest absolute Gasteiger partial charge is 0.497 e. The highest BCUT2D eigenvalue weighted by Crippen LogP contribution is 2.18. The Bertz CT molecular complexity index is 793. The Morgan fingerprint density at radius 2 is 1.69 bits per heavy atom. The number of hydrogen-bond acceptors (Lipinski definition) is 4. The minimum atomic E-state index is -0.635. The molecule has 29 heavy (non-hydrogen) atoms. The van der Waals surface area contributed by atoms with Gasteiger partial charge in [0.15, 0.2) is 6.61 Å². The number of nitrogens with zero attached hydrogens (tertiary/aromatic N) is 1. The van der Waals surface area contributed by atoms with Gasteiger partial charge in [-0.2, -0.15) is 0 Å². The van der Waals surface area contributed by atoms with Gasteiger partial charge in [-0.25, -0.2) is 0 Å². The minimum absolute atomic E-state index is 0.175. The van der Waals surface area contributed by atoms with Gasteiger partial charge >= 0.3 is 0 Å². The fourth-order valence-corrected chi connectivity index (χ4v) is 2.79. The summed E-state index contributed by atoms with van der Waals surface area (Å²) >= 11 is 5.95. The molecule has 6 nitrogen and oxygen atoms in total. The number of benzene rings is 2. The summed E-state index contributed by atoms with van der Waals surface area (Å²) in [5, 5.41) is 3.45. The number of carbonyl (C=O) groups excluding carboxylic acids is 2. The van der Waals surface area contributed by atoms with Gasteiger partial charge in [-0.1, -0.05) is 30.7 Å². The molecule has 0 saturated carbocycles. The second-order valence-electron chi connectivity index (χ2n) is 6.58. The molecule has 0 aliphatic carbocycles. The number of hydrogen-bond donors (Lipinski definition) is 1. The van der Waals surface area contributed by atoms with Crippen LogP contribution in [0.3, 0.4) is 0 Å². The maximum absolute atomic E-state index is 12.9. The van der Waals surface area contributed by atoms with Crippen LogP contribution in [0.1, 0.15) is 25.8 Å². The van der Waals surface area contributed by atoms with Crippen molar-refractivity contribution in [1.82, 2.24) is 10.2 Å². The quantitative estimate of drug-likeness (QED) is 0.639. The van der Waals surface area contributed by atoms with Gasteiger partial charge in [-0.05, 0) is 55.3 Å². The SMILES string of the molecule is CCCNC(=O)C(C)N(Cc1ccc(Cl)cc1)C(=O)COc1ccc(OC)cc1. The zero-order valence-corrected chi connectivity index (χ0v) is 17.7. The first-order chi connectivity index (χ1) is 13.9. The summed E-state index contributed by atoms with van der Waals surface area (Å²) in [5.41, 5.74) is 0.877. The molecule has 0 aliphatic heterocycles. The third-order valence-corrected chi connectivity index (χ3v) is 4.66. The van der Waals surface area contributed by atoms with E-state index in [-0.39, 0.29) is 25.0 Å². The Morgan fingerprint density at radius 1 is 1.07 bits per heavy atom. The van der Waals surface area contributed by atoms with Crippen molar-refractivity contribution in [3.63, 3.8) is 0 Å². The third kappa shape index (κ3) is 6.98. The number of amides is 2. The smallest absolute Gasteiger partial charge is 0.261 e. The van der Waals surface area contributed by atoms with Crippen LogP contribution < -0.4 is 14.8 Å². The van der Waals surface area contributed by atoms with Crippen LogP contribution in [0.2, 0.25) is 5.02 Å². The van der Waals surface area contributed by atoms with Crippen LogP contribution >= 0.6 is 11.6 Å². The van der Waals surface area contributed by atoms with Crippen molar-refractivity contribution in [2.75, 3.05) is 20.3 Å². The van der Waals surface area contributed by atoms with E-state index < -0.39 is 6.04 Å². The predicted octanol–water partition coefficient (Wildman–Crippen LogP) is 3.67. The first-order valence-corrected chi connectivity index (χ1v) is 9.90. The first kappa shape index (κ1) is 22.6. The van der Waals surface area contributed by atoms with Crippen molar-refractivity contribution in [2.24, 2.45) is 0 Å². The minimum Gasteiger partial charge on any atom is -0.497 e. The predicted molar refractivity (Wildman–Crippen MR) is 113 cm³/mol. The second kappa shape index (κ2) is 11.3. The third-order valence-electron chi connectivity index (χ3n) is 4.40. The molecule has 0 heterocycles. The molecule has 156 valence electrons. The Labute approximate surface area is 176 Å². The van der Waals surface area contributed by atoms with Gasteiger partial charge in [0.1, 0.15) is 17.5 Å². The Hall–Kier alpha value is -2.73. The van der Waals surface area contributed by atoms with E-state index in [0.717, 1.165) is 12.0 Å². The fraction of sp³-hybridized carbons (Fsp3) is 0.364. The van der Waals surface area contributed by atoms with Crippen LogP contribution in [0, 0.1) is 0 Å². The van der Waals surface area contributed by atoms with Gasteiger partial charge in [0.2, 0.25) is 5.91 Å². The van der Waals surface area contributed by atoms with E-state index >= 15 is 0 Å². The molecule has 2 rings (SSSR count). The summed E-state index contributed by atoms with van der Waals surface area (Å²) in [4.78, 5) is 26.9. The maximum atomic E-state index is 12.9. The van der Waals surface area contributed by atoms with Crippen LogP contribution in [-0.4, -0.2) is 43.0 Å². The molecule has 0 bridgehead atoms. The van der Waals surface area contributed by atoms with Gasteiger partial charge in [-0.3, -0.25) is 9.59 Å². The van der Waals surface area contributed by atoms with Gasteiger partial charge in [0, 0.05) is 18.1 Å². The second-order valence-corrected chi connectivity index (χ2v) is 7.02. The topological polar surface area (TPSA) is 67.9 Å². The number of halogens is 1. The molecule has 0 aromatic heterocycles. The highest BCUT2D eigenvalue weighted by molar-refractivity contribution is 6.30. The van der Waals surface area contributed by atoms with Crippen LogP contribution in [-0.2, 0) is 16.1 Å². The van der Waals surface area contributed by atoms with Crippen LogP contribution in [0.5, 0.6) is 11.5 Å². The summed E-state index contributed by atoms with van der Waals surface area (Å²) in [6, 6.07) is 13.5. The molecule has 1 atom stereocenters. The van der Waals surface area contributed by atoms with Crippen LogP contribution in [0.15, 0.2) is 48.5 Å². The van der Waals surface area contributed by atoms with Gasteiger partial charge in [-0.15, -0.1) is 0 Å². The molecule has 0 spiro atoms. The highest BCUT2D eigenvalue weighted by Gasteiger charge is 2.26. The molecule has 0 fully saturated rings. The fourth-order valence-electron chi connectivity index (χ4n) is 2.66. The maximum Gasteiger partial charge on any atom is 0.261 e. The molecule has 2 amide bonds. The number of rotatable bonds is 10. The summed E-state index contributed by atoms with van der Waals surface area (Å²) in [7, 11) is 1.58. The van der Waals surface area contributed by atoms with Crippen molar-refractivity contribution in [3.05, 3.63) is 59.1 Å². The lowest BCUT2D eigenvalue weighted by Gasteiger charge is -2.28. The van der Waals surface area contributed by atoms with Gasteiger partial charge < -0.3 is 19.7 Å². The van der Waals surface area contributed by atoms with E-state index in [1.54, 1.807) is 50.4 Å². The zero-order valence-electron chi connectivity index (χ0n) is 17.0. The summed E-state index contributed by atoms with van der Waals surface area (Å²) < 4.78 is 10.7. The van der Waals surface area contributed by atoms with E-state index in [0.29, 0.717) is 23.1 Å². The highest BCUT2D eigenvalue weighted by atomic mass is 35.5. The summed E-state index contributed by atoms with van der Waals surface area (Å²) in [6.07, 6.45) is 0.824. The average molecular weight is 419 g/mol. The number of methoxy groups -OCH3 is 1. The Kier molecular flexibility index (Phi) is 8.80. The summed E-state index contributed by atoms with van der Waals surface area (Å²) in [6.45, 7) is 4.36. The van der Waals surface area contributed by atoms with Crippen LogP contribution in [0.4, 0.5) is 0 Å². The molecule has 0 saturated heterocycles. The molecule has 1 unspecified atom stereocenters. The first-order valence-electron chi connectivity index (χ1n) is 9.53. The zero-order chi connectivity index (χ0) is 21.2. The lowest BCUT2D eigenvalue weighted by Crippen LogP contribution is -2.49. The molecule has 7 heteroatoms. The van der Waals surface area contributed by atoms with Crippen molar-refractivity contribution in [3.8, 4) is 11.5 Å². The van der Waals surface area contributed by atoms with E-state index in [1.807, 2.05) is 19.1 Å². The molecule has 0 aliphatic rings. The number of ether oxygens (including phenoxy) is 2. The Balaban J connectivity index is 2.09. The number of carbonyl (C=O) groups is 2. The summed E-state index contributed by atoms with van der Waals surface area (Å²) in [5.74, 6) is 0.775. The van der Waals surface area contributed by atoms with E-state index in [4.69, 9.17) is 21.1 Å². The molecule has 1 N–H and O–H groups in total. The van der Waals surface area contributed by atoms with Gasteiger partial charge in [0.05, 0.1) is 7.11 Å². The van der Waals surface area contributed by atoms with Crippen LogP contribution in [0.25, 0.3) is 0 Å². The monoisotopic (exact) mass is 418 g/mol. The van der Waals surface area contributed by atoms with Crippen molar-refractivity contribution in [2.45, 2.75) is 32.9 Å². The average Bonchev–Trinajstić information content (AvgIpc) is 2.75. The van der Waals surface area contributed by atoms with E-state index in [1.165, 1.54) is 4.90 Å². The molecular formula is C22H27ClN2O4. The Morgan fingerprint density at radius 3 is 2.28 bits per heavy atom. The normalized spacial score (nSPS) is 11.4. The molecule has 0 radical (unpaired) electrons. The lowest BCUT2D eigenvalue weighted by atomic mass is 10.1. The van der Waals surface area contributed by atoms with Crippen molar-refractivity contribution >= 4 is 23.4 Å². The standard InChI is InChI=1S/C22H27ClN2O4/c1-4-13-24-22(27)16(2)25(14-17-5-7-18(23)8-6-17)21(26)15-29-20-11-9-19(28-3)10-12-20/h5-12,16H,4,13-15H2,1-3H3,(H,24,27). The van der Waals surface area contributed by atoms with Gasteiger partial charge in [0.25, 0.3) is 5.91 Å². The van der Waals surface area contributed by atoms with E-state index in [2.05, 4.69) is 5.32 Å². The molecule has 2 aromatic rings. The van der Waals surface area contributed by atoms with E-state index in [9.17, 15) is 9.59 Å². The van der Waals surface area contributed by atoms with Crippen molar-refractivity contribution < 1.29 is 19.1 Å². The molecular weight excluding hydrogens is 392 g/mol. The lowest BCUT2D eigenvalue weighted by molar-refractivity contribution is -0.142.